The summed E-state index contributed by atoms with van der Waals surface area (Å²) in [6.45, 7) is 4.54. The fourth-order valence-corrected chi connectivity index (χ4v) is 5.21. The number of para-hydroxylation sites is 1. The van der Waals surface area contributed by atoms with Gasteiger partial charge >= 0.3 is 0 Å². The maximum Gasteiger partial charge on any atom is 0.153 e. The molecule has 1 fully saturated rings. The number of likely N-dealkylation sites (tertiary alicyclic amines) is 1. The van der Waals surface area contributed by atoms with Crippen LogP contribution in [0.15, 0.2) is 48.1 Å². The van der Waals surface area contributed by atoms with Crippen molar-refractivity contribution >= 4 is 11.3 Å². The predicted molar refractivity (Wildman–Crippen MR) is 111 cm³/mol. The number of thiophene rings is 1. The van der Waals surface area contributed by atoms with E-state index in [-0.39, 0.29) is 5.60 Å². The van der Waals surface area contributed by atoms with Crippen LogP contribution in [-0.2, 0) is 23.4 Å². The highest BCUT2D eigenvalue weighted by Gasteiger charge is 2.46. The van der Waals surface area contributed by atoms with E-state index in [1.165, 1.54) is 10.6 Å². The molecule has 1 spiro atoms. The van der Waals surface area contributed by atoms with Crippen molar-refractivity contribution < 1.29 is 9.47 Å². The maximum atomic E-state index is 6.72. The molecule has 0 unspecified atom stereocenters. The molecule has 0 amide bonds. The van der Waals surface area contributed by atoms with Crippen LogP contribution in [0.3, 0.4) is 0 Å². The second kappa shape index (κ2) is 7.35. The Balaban J connectivity index is 1.46. The molecule has 4 heterocycles. The minimum Gasteiger partial charge on any atom is -0.480 e. The number of nitrogens with zero attached hydrogens (tertiary/aromatic N) is 3. The number of benzene rings is 1. The maximum absolute atomic E-state index is 6.72. The lowest BCUT2D eigenvalue weighted by atomic mass is 9.83. The third-order valence-electron chi connectivity index (χ3n) is 5.88. The first-order valence-electron chi connectivity index (χ1n) is 9.87. The van der Waals surface area contributed by atoms with Crippen LogP contribution in [0.1, 0.15) is 23.4 Å². The Morgan fingerprint density at radius 1 is 1.18 bits per heavy atom. The van der Waals surface area contributed by atoms with Crippen molar-refractivity contribution in [3.8, 4) is 17.0 Å². The van der Waals surface area contributed by atoms with E-state index < -0.39 is 0 Å². The largest absolute Gasteiger partial charge is 0.480 e. The summed E-state index contributed by atoms with van der Waals surface area (Å²) >= 11 is 1.83. The van der Waals surface area contributed by atoms with Crippen molar-refractivity contribution in [3.63, 3.8) is 0 Å². The van der Waals surface area contributed by atoms with E-state index >= 15 is 0 Å². The molecule has 28 heavy (non-hydrogen) atoms. The van der Waals surface area contributed by atoms with Gasteiger partial charge in [-0.05, 0) is 23.6 Å². The van der Waals surface area contributed by atoms with Crippen LogP contribution in [0.25, 0.3) is 11.3 Å². The standard InChI is InChI=1S/C22H25N3O2S/c1-26-13-12-25-16-23-20-18-6-2-3-7-19(18)27-22(21(20)25)8-10-24(11-9-22)15-17-5-4-14-28-17/h2-7,14,16H,8-13,15H2,1H3. The summed E-state index contributed by atoms with van der Waals surface area (Å²) in [5.74, 6) is 0.957. The molecule has 1 saturated heterocycles. The van der Waals surface area contributed by atoms with E-state index in [1.54, 1.807) is 7.11 Å². The quantitative estimate of drug-likeness (QED) is 0.651. The molecule has 5 nitrogen and oxygen atoms in total. The highest BCUT2D eigenvalue weighted by atomic mass is 32.1. The van der Waals surface area contributed by atoms with Crippen LogP contribution < -0.4 is 4.74 Å². The van der Waals surface area contributed by atoms with Gasteiger partial charge in [-0.2, -0.15) is 0 Å². The van der Waals surface area contributed by atoms with Gasteiger partial charge in [0.25, 0.3) is 0 Å². The van der Waals surface area contributed by atoms with Gasteiger partial charge < -0.3 is 14.0 Å². The monoisotopic (exact) mass is 395 g/mol. The number of hydrogen-bond acceptors (Lipinski definition) is 5. The van der Waals surface area contributed by atoms with Gasteiger partial charge in [0.1, 0.15) is 5.75 Å². The van der Waals surface area contributed by atoms with Gasteiger partial charge in [-0.25, -0.2) is 4.98 Å². The van der Waals surface area contributed by atoms with Gasteiger partial charge in [0.15, 0.2) is 5.60 Å². The van der Waals surface area contributed by atoms with Gasteiger partial charge in [0, 0.05) is 56.6 Å². The summed E-state index contributed by atoms with van der Waals surface area (Å²) in [5, 5.41) is 2.16. The lowest BCUT2D eigenvalue weighted by Crippen LogP contribution is -2.48. The third-order valence-corrected chi connectivity index (χ3v) is 6.74. The molecule has 2 aliphatic heterocycles. The van der Waals surface area contributed by atoms with Gasteiger partial charge in [0.2, 0.25) is 0 Å². The Labute approximate surface area is 169 Å². The Morgan fingerprint density at radius 2 is 2.04 bits per heavy atom. The predicted octanol–water partition coefficient (Wildman–Crippen LogP) is 4.14. The molecule has 0 aliphatic carbocycles. The first kappa shape index (κ1) is 17.9. The number of piperidine rings is 1. The Bertz CT molecular complexity index is 943. The van der Waals surface area contributed by atoms with Crippen molar-refractivity contribution in [1.29, 1.82) is 0 Å². The first-order chi connectivity index (χ1) is 13.8. The summed E-state index contributed by atoms with van der Waals surface area (Å²) in [6.07, 6.45) is 3.89. The van der Waals surface area contributed by atoms with E-state index in [0.29, 0.717) is 6.61 Å². The van der Waals surface area contributed by atoms with Gasteiger partial charge in [-0.1, -0.05) is 18.2 Å². The summed E-state index contributed by atoms with van der Waals surface area (Å²) in [4.78, 5) is 8.76. The van der Waals surface area contributed by atoms with Crippen molar-refractivity contribution in [3.05, 3.63) is 58.7 Å². The van der Waals surface area contributed by atoms with Gasteiger partial charge in [-0.3, -0.25) is 4.90 Å². The normalized spacial score (nSPS) is 17.9. The summed E-state index contributed by atoms with van der Waals surface area (Å²) in [5.41, 5.74) is 3.09. The van der Waals surface area contributed by atoms with Gasteiger partial charge in [0.05, 0.1) is 24.3 Å². The Hall–Kier alpha value is -2.15. The lowest BCUT2D eigenvalue weighted by Gasteiger charge is -2.44. The fourth-order valence-electron chi connectivity index (χ4n) is 4.46. The van der Waals surface area contributed by atoms with Crippen LogP contribution in [0.2, 0.25) is 0 Å². The molecule has 6 heteroatoms. The number of imidazole rings is 1. The first-order valence-corrected chi connectivity index (χ1v) is 10.7. The molecule has 0 bridgehead atoms. The second-order valence-electron chi connectivity index (χ2n) is 7.58. The highest BCUT2D eigenvalue weighted by molar-refractivity contribution is 7.09. The molecule has 146 valence electrons. The fraction of sp³-hybridized carbons (Fsp3) is 0.409. The van der Waals surface area contributed by atoms with Crippen molar-refractivity contribution in [1.82, 2.24) is 14.5 Å². The Kier molecular flexibility index (Phi) is 4.70. The summed E-state index contributed by atoms with van der Waals surface area (Å²) < 4.78 is 14.3. The topological polar surface area (TPSA) is 39.5 Å². The number of rotatable bonds is 5. The zero-order chi connectivity index (χ0) is 19.0. The number of fused-ring (bicyclic) bond motifs is 4. The molecule has 5 rings (SSSR count). The SMILES string of the molecule is COCCn1cnc2c1C1(CCN(Cc3cccs3)CC1)Oc1ccccc1-2. The van der Waals surface area contributed by atoms with E-state index in [9.17, 15) is 0 Å². The average molecular weight is 396 g/mol. The zero-order valence-corrected chi connectivity index (χ0v) is 17.0. The molecule has 2 aliphatic rings. The molecular formula is C22H25N3O2S. The van der Waals surface area contributed by atoms with Crippen molar-refractivity contribution in [2.75, 3.05) is 26.8 Å². The minimum absolute atomic E-state index is 0.306. The molecule has 2 aromatic heterocycles. The van der Waals surface area contributed by atoms with E-state index in [0.717, 1.165) is 56.0 Å². The van der Waals surface area contributed by atoms with Gasteiger partial charge in [-0.15, -0.1) is 11.3 Å². The number of ether oxygens (including phenoxy) is 2. The van der Waals surface area contributed by atoms with E-state index in [2.05, 4.69) is 45.2 Å². The van der Waals surface area contributed by atoms with Crippen LogP contribution in [0, 0.1) is 0 Å². The number of aromatic nitrogens is 2. The molecule has 0 N–H and O–H groups in total. The van der Waals surface area contributed by atoms with E-state index in [4.69, 9.17) is 14.5 Å². The molecule has 0 saturated carbocycles. The van der Waals surface area contributed by atoms with Crippen molar-refractivity contribution in [2.45, 2.75) is 31.5 Å². The summed E-state index contributed by atoms with van der Waals surface area (Å²) in [6, 6.07) is 12.6. The average Bonchev–Trinajstić information content (AvgIpc) is 3.39. The molecule has 1 aromatic carbocycles. The summed E-state index contributed by atoms with van der Waals surface area (Å²) in [7, 11) is 1.74. The van der Waals surface area contributed by atoms with Crippen LogP contribution in [0.4, 0.5) is 0 Å². The molecule has 0 radical (unpaired) electrons. The van der Waals surface area contributed by atoms with Crippen LogP contribution in [-0.4, -0.2) is 41.3 Å². The highest BCUT2D eigenvalue weighted by Crippen LogP contribution is 2.49. The molecule has 3 aromatic rings. The number of methoxy groups -OCH3 is 1. The van der Waals surface area contributed by atoms with Crippen LogP contribution in [0.5, 0.6) is 5.75 Å². The van der Waals surface area contributed by atoms with E-state index in [1.807, 2.05) is 23.7 Å². The molecular weight excluding hydrogens is 370 g/mol. The number of hydrogen-bond donors (Lipinski definition) is 0. The lowest BCUT2D eigenvalue weighted by molar-refractivity contribution is -0.0133. The van der Waals surface area contributed by atoms with Crippen molar-refractivity contribution in [2.24, 2.45) is 0 Å². The Morgan fingerprint density at radius 3 is 2.82 bits per heavy atom. The minimum atomic E-state index is -0.306. The smallest absolute Gasteiger partial charge is 0.153 e. The molecule has 0 atom stereocenters. The second-order valence-corrected chi connectivity index (χ2v) is 8.61. The van der Waals surface area contributed by atoms with Crippen LogP contribution >= 0.6 is 11.3 Å². The zero-order valence-electron chi connectivity index (χ0n) is 16.1. The third kappa shape index (κ3) is 3.05.